The van der Waals surface area contributed by atoms with Crippen molar-refractivity contribution in [2.75, 3.05) is 6.61 Å². The Morgan fingerprint density at radius 3 is 2.53 bits per heavy atom. The molecule has 19 heavy (non-hydrogen) atoms. The number of aryl methyl sites for hydroxylation is 1. The van der Waals surface area contributed by atoms with Crippen molar-refractivity contribution in [2.45, 2.75) is 19.3 Å². The Kier molecular flexibility index (Phi) is 5.93. The van der Waals surface area contributed by atoms with Gasteiger partial charge in [0.2, 0.25) is 0 Å². The van der Waals surface area contributed by atoms with Crippen molar-refractivity contribution >= 4 is 31.9 Å². The SMILES string of the molecule is Brc1cccc(CCCCOc2ccccc2Br)c1. The minimum Gasteiger partial charge on any atom is -0.492 e. The van der Waals surface area contributed by atoms with Crippen molar-refractivity contribution in [3.05, 3.63) is 63.0 Å². The predicted molar refractivity (Wildman–Crippen MR) is 86.7 cm³/mol. The smallest absolute Gasteiger partial charge is 0.133 e. The van der Waals surface area contributed by atoms with Gasteiger partial charge in [-0.15, -0.1) is 0 Å². The predicted octanol–water partition coefficient (Wildman–Crippen LogP) is 5.61. The average molecular weight is 384 g/mol. The molecule has 2 aromatic carbocycles. The van der Waals surface area contributed by atoms with Gasteiger partial charge in [0, 0.05) is 4.47 Å². The lowest BCUT2D eigenvalue weighted by atomic mass is 10.1. The molecule has 100 valence electrons. The maximum Gasteiger partial charge on any atom is 0.133 e. The standard InChI is InChI=1S/C16H16Br2O/c17-14-8-5-7-13(12-14)6-3-4-11-19-16-10-2-1-9-15(16)18/h1-2,5,7-10,12H,3-4,6,11H2. The highest BCUT2D eigenvalue weighted by molar-refractivity contribution is 9.10. The van der Waals surface area contributed by atoms with Gasteiger partial charge in [-0.2, -0.15) is 0 Å². The van der Waals surface area contributed by atoms with Gasteiger partial charge in [0.15, 0.2) is 0 Å². The summed E-state index contributed by atoms with van der Waals surface area (Å²) in [6.45, 7) is 0.761. The molecular formula is C16H16Br2O. The van der Waals surface area contributed by atoms with Crippen LogP contribution in [-0.2, 0) is 6.42 Å². The van der Waals surface area contributed by atoms with Gasteiger partial charge in [-0.25, -0.2) is 0 Å². The first-order valence-corrected chi connectivity index (χ1v) is 7.96. The zero-order valence-corrected chi connectivity index (χ0v) is 13.8. The van der Waals surface area contributed by atoms with E-state index in [0.29, 0.717) is 0 Å². The molecule has 0 bridgehead atoms. The molecule has 0 amide bonds. The number of rotatable bonds is 6. The summed E-state index contributed by atoms with van der Waals surface area (Å²) in [5.74, 6) is 0.921. The summed E-state index contributed by atoms with van der Waals surface area (Å²) in [6, 6.07) is 16.4. The number of hydrogen-bond donors (Lipinski definition) is 0. The fraction of sp³-hybridized carbons (Fsp3) is 0.250. The van der Waals surface area contributed by atoms with Gasteiger partial charge in [-0.3, -0.25) is 0 Å². The lowest BCUT2D eigenvalue weighted by Gasteiger charge is -2.07. The van der Waals surface area contributed by atoms with Crippen LogP contribution in [0.2, 0.25) is 0 Å². The molecule has 0 fully saturated rings. The van der Waals surface area contributed by atoms with Gasteiger partial charge in [0.1, 0.15) is 5.75 Å². The van der Waals surface area contributed by atoms with Gasteiger partial charge < -0.3 is 4.74 Å². The van der Waals surface area contributed by atoms with Gasteiger partial charge >= 0.3 is 0 Å². The molecule has 2 rings (SSSR count). The van der Waals surface area contributed by atoms with Crippen LogP contribution in [0.25, 0.3) is 0 Å². The van der Waals surface area contributed by atoms with Gasteiger partial charge in [0.25, 0.3) is 0 Å². The first-order valence-electron chi connectivity index (χ1n) is 6.37. The summed E-state index contributed by atoms with van der Waals surface area (Å²) < 4.78 is 7.91. The largest absolute Gasteiger partial charge is 0.492 e. The van der Waals surface area contributed by atoms with Crippen LogP contribution < -0.4 is 4.74 Å². The van der Waals surface area contributed by atoms with E-state index in [9.17, 15) is 0 Å². The summed E-state index contributed by atoms with van der Waals surface area (Å²) in [5.41, 5.74) is 1.37. The Hall–Kier alpha value is -0.800. The van der Waals surface area contributed by atoms with E-state index >= 15 is 0 Å². The third-order valence-electron chi connectivity index (χ3n) is 2.84. The van der Waals surface area contributed by atoms with Crippen molar-refractivity contribution in [3.8, 4) is 5.75 Å². The molecular weight excluding hydrogens is 368 g/mol. The second-order valence-corrected chi connectivity index (χ2v) is 6.14. The third kappa shape index (κ3) is 5.00. The Balaban J connectivity index is 1.69. The molecule has 0 saturated carbocycles. The molecule has 0 N–H and O–H groups in total. The van der Waals surface area contributed by atoms with Crippen LogP contribution in [0, 0.1) is 0 Å². The molecule has 0 atom stereocenters. The quantitative estimate of drug-likeness (QED) is 0.588. The average Bonchev–Trinajstić information content (AvgIpc) is 2.40. The molecule has 0 unspecified atom stereocenters. The zero-order valence-electron chi connectivity index (χ0n) is 10.6. The maximum atomic E-state index is 5.74. The van der Waals surface area contributed by atoms with Crippen LogP contribution in [-0.4, -0.2) is 6.61 Å². The highest BCUT2D eigenvalue weighted by atomic mass is 79.9. The van der Waals surface area contributed by atoms with E-state index in [2.05, 4.69) is 56.1 Å². The normalized spacial score (nSPS) is 10.4. The number of ether oxygens (including phenoxy) is 1. The minimum absolute atomic E-state index is 0.761. The first kappa shape index (κ1) is 14.6. The van der Waals surface area contributed by atoms with E-state index in [4.69, 9.17) is 4.74 Å². The Bertz CT molecular complexity index is 526. The van der Waals surface area contributed by atoms with Crippen molar-refractivity contribution in [3.63, 3.8) is 0 Å². The topological polar surface area (TPSA) is 9.23 Å². The molecule has 2 aromatic rings. The third-order valence-corrected chi connectivity index (χ3v) is 3.99. The number of hydrogen-bond acceptors (Lipinski definition) is 1. The lowest BCUT2D eigenvalue weighted by Crippen LogP contribution is -1.98. The van der Waals surface area contributed by atoms with Crippen LogP contribution in [0.15, 0.2) is 57.5 Å². The Morgan fingerprint density at radius 1 is 0.895 bits per heavy atom. The zero-order chi connectivity index (χ0) is 13.5. The summed E-state index contributed by atoms with van der Waals surface area (Å²) in [7, 11) is 0. The molecule has 0 spiro atoms. The van der Waals surface area contributed by atoms with E-state index in [1.165, 1.54) is 5.56 Å². The minimum atomic E-state index is 0.761. The van der Waals surface area contributed by atoms with E-state index in [0.717, 1.165) is 40.6 Å². The molecule has 1 nitrogen and oxygen atoms in total. The number of halogens is 2. The molecule has 0 aliphatic rings. The fourth-order valence-electron chi connectivity index (χ4n) is 1.87. The molecule has 0 aliphatic heterocycles. The van der Waals surface area contributed by atoms with Crippen LogP contribution in [0.3, 0.4) is 0 Å². The van der Waals surface area contributed by atoms with Gasteiger partial charge in [0.05, 0.1) is 11.1 Å². The number of unbranched alkanes of at least 4 members (excludes halogenated alkanes) is 1. The summed E-state index contributed by atoms with van der Waals surface area (Å²) in [5, 5.41) is 0. The maximum absolute atomic E-state index is 5.74. The lowest BCUT2D eigenvalue weighted by molar-refractivity contribution is 0.305. The van der Waals surface area contributed by atoms with Gasteiger partial charge in [-0.05, 0) is 65.0 Å². The van der Waals surface area contributed by atoms with Crippen molar-refractivity contribution in [1.82, 2.24) is 0 Å². The highest BCUT2D eigenvalue weighted by Crippen LogP contribution is 2.24. The first-order chi connectivity index (χ1) is 9.25. The summed E-state index contributed by atoms with van der Waals surface area (Å²) in [4.78, 5) is 0. The molecule has 0 radical (unpaired) electrons. The molecule has 3 heteroatoms. The highest BCUT2D eigenvalue weighted by Gasteiger charge is 1.99. The second-order valence-electron chi connectivity index (χ2n) is 4.37. The van der Waals surface area contributed by atoms with E-state index < -0.39 is 0 Å². The second kappa shape index (κ2) is 7.71. The summed E-state index contributed by atoms with van der Waals surface area (Å²) >= 11 is 6.97. The monoisotopic (exact) mass is 382 g/mol. The van der Waals surface area contributed by atoms with Crippen molar-refractivity contribution in [1.29, 1.82) is 0 Å². The molecule has 0 aliphatic carbocycles. The molecule has 0 aromatic heterocycles. The number of benzene rings is 2. The van der Waals surface area contributed by atoms with Crippen molar-refractivity contribution in [2.24, 2.45) is 0 Å². The van der Waals surface area contributed by atoms with E-state index in [1.807, 2.05) is 24.3 Å². The van der Waals surface area contributed by atoms with Crippen LogP contribution >= 0.6 is 31.9 Å². The van der Waals surface area contributed by atoms with E-state index in [1.54, 1.807) is 0 Å². The Labute approximate surface area is 131 Å². The molecule has 0 saturated heterocycles. The fourth-order valence-corrected chi connectivity index (χ4v) is 2.71. The number of para-hydroxylation sites is 1. The van der Waals surface area contributed by atoms with Crippen LogP contribution in [0.5, 0.6) is 5.75 Å². The van der Waals surface area contributed by atoms with Crippen LogP contribution in [0.1, 0.15) is 18.4 Å². The summed E-state index contributed by atoms with van der Waals surface area (Å²) in [6.07, 6.45) is 3.30. The van der Waals surface area contributed by atoms with Crippen molar-refractivity contribution < 1.29 is 4.74 Å². The Morgan fingerprint density at radius 2 is 1.74 bits per heavy atom. The van der Waals surface area contributed by atoms with Gasteiger partial charge in [-0.1, -0.05) is 40.2 Å². The molecule has 0 heterocycles. The van der Waals surface area contributed by atoms with Crippen LogP contribution in [0.4, 0.5) is 0 Å². The van der Waals surface area contributed by atoms with E-state index in [-0.39, 0.29) is 0 Å².